The van der Waals surface area contributed by atoms with Crippen molar-refractivity contribution in [1.82, 2.24) is 4.90 Å². The zero-order valence-electron chi connectivity index (χ0n) is 15.3. The van der Waals surface area contributed by atoms with Crippen LogP contribution in [0, 0.1) is 0 Å². The summed E-state index contributed by atoms with van der Waals surface area (Å²) in [5.41, 5.74) is 6.85. The van der Waals surface area contributed by atoms with Gasteiger partial charge >= 0.3 is 0 Å². The molecule has 1 heterocycles. The summed E-state index contributed by atoms with van der Waals surface area (Å²) in [6, 6.07) is 6.99. The molecule has 0 aliphatic carbocycles. The Bertz CT molecular complexity index is 565. The average molecular weight is 423 g/mol. The van der Waals surface area contributed by atoms with Crippen LogP contribution in [0.3, 0.4) is 0 Å². The number of methoxy groups -OCH3 is 1. The summed E-state index contributed by atoms with van der Waals surface area (Å²) in [5, 5.41) is 5.63. The number of hydrogen-bond donors (Lipinski definition) is 3. The van der Waals surface area contributed by atoms with Gasteiger partial charge in [0.25, 0.3) is 0 Å². The quantitative estimate of drug-likeness (QED) is 0.579. The van der Waals surface area contributed by atoms with E-state index in [1.807, 2.05) is 0 Å². The van der Waals surface area contributed by atoms with Gasteiger partial charge in [-0.3, -0.25) is 14.5 Å². The Kier molecular flexibility index (Phi) is 13.0. The standard InChI is InChI=1S/C17H26N4O4.2ClH/c1-24-15(11-18)10-16(22)19-13-2-4-14(5-3-13)20-17(23)12-21-6-8-25-9-7-21;;/h2-5,15H,6-12,18H2,1H3,(H,19,22)(H,20,23);2*1H. The van der Waals surface area contributed by atoms with E-state index in [0.717, 1.165) is 13.1 Å². The number of amides is 2. The molecule has 27 heavy (non-hydrogen) atoms. The predicted octanol–water partition coefficient (Wildman–Crippen LogP) is 1.10. The van der Waals surface area contributed by atoms with Crippen LogP contribution in [-0.2, 0) is 19.1 Å². The molecule has 0 radical (unpaired) electrons. The summed E-state index contributed by atoms with van der Waals surface area (Å²) < 4.78 is 10.3. The number of benzene rings is 1. The van der Waals surface area contributed by atoms with Crippen LogP contribution in [0.15, 0.2) is 24.3 Å². The maximum Gasteiger partial charge on any atom is 0.238 e. The molecular formula is C17H28Cl2N4O4. The molecule has 2 rings (SSSR count). The van der Waals surface area contributed by atoms with E-state index < -0.39 is 0 Å². The third-order valence-electron chi connectivity index (χ3n) is 3.93. The van der Waals surface area contributed by atoms with Crippen LogP contribution in [-0.4, -0.2) is 69.3 Å². The van der Waals surface area contributed by atoms with Crippen LogP contribution in [0.25, 0.3) is 0 Å². The molecule has 1 aliphatic heterocycles. The lowest BCUT2D eigenvalue weighted by molar-refractivity contribution is -0.119. The van der Waals surface area contributed by atoms with Crippen molar-refractivity contribution in [2.24, 2.45) is 5.73 Å². The molecule has 1 atom stereocenters. The fourth-order valence-corrected chi connectivity index (χ4v) is 2.48. The molecule has 1 aromatic rings. The van der Waals surface area contributed by atoms with E-state index in [0.29, 0.717) is 31.1 Å². The van der Waals surface area contributed by atoms with Crippen LogP contribution in [0.5, 0.6) is 0 Å². The Morgan fingerprint density at radius 3 is 2.11 bits per heavy atom. The van der Waals surface area contributed by atoms with Crippen LogP contribution >= 0.6 is 24.8 Å². The number of carbonyl (C=O) groups is 2. The first kappa shape index (κ1) is 25.6. The van der Waals surface area contributed by atoms with Crippen molar-refractivity contribution in [1.29, 1.82) is 0 Å². The summed E-state index contributed by atoms with van der Waals surface area (Å²) >= 11 is 0. The zero-order chi connectivity index (χ0) is 18.1. The monoisotopic (exact) mass is 422 g/mol. The third kappa shape index (κ3) is 9.37. The van der Waals surface area contributed by atoms with E-state index in [9.17, 15) is 9.59 Å². The molecule has 0 aromatic heterocycles. The largest absolute Gasteiger partial charge is 0.380 e. The minimum Gasteiger partial charge on any atom is -0.380 e. The Balaban J connectivity index is 0.00000338. The van der Waals surface area contributed by atoms with Crippen molar-refractivity contribution in [2.45, 2.75) is 12.5 Å². The highest BCUT2D eigenvalue weighted by Crippen LogP contribution is 2.14. The third-order valence-corrected chi connectivity index (χ3v) is 3.93. The summed E-state index contributed by atoms with van der Waals surface area (Å²) in [6.45, 7) is 3.50. The smallest absolute Gasteiger partial charge is 0.238 e. The van der Waals surface area contributed by atoms with Crippen LogP contribution in [0.1, 0.15) is 6.42 Å². The first-order valence-electron chi connectivity index (χ1n) is 8.33. The van der Waals surface area contributed by atoms with Gasteiger partial charge in [-0.05, 0) is 24.3 Å². The molecule has 1 aromatic carbocycles. The molecule has 10 heteroatoms. The maximum absolute atomic E-state index is 12.0. The minimum atomic E-state index is -0.293. The summed E-state index contributed by atoms with van der Waals surface area (Å²) in [7, 11) is 1.53. The van der Waals surface area contributed by atoms with Crippen molar-refractivity contribution in [3.63, 3.8) is 0 Å². The van der Waals surface area contributed by atoms with Crippen LogP contribution < -0.4 is 16.4 Å². The first-order chi connectivity index (χ1) is 12.1. The van der Waals surface area contributed by atoms with Gasteiger partial charge in [-0.1, -0.05) is 0 Å². The molecule has 4 N–H and O–H groups in total. The Hall–Kier alpha value is -1.42. The molecule has 1 aliphatic rings. The van der Waals surface area contributed by atoms with E-state index in [4.69, 9.17) is 15.2 Å². The molecule has 8 nitrogen and oxygen atoms in total. The number of nitrogens with two attached hydrogens (primary N) is 1. The number of nitrogens with zero attached hydrogens (tertiary/aromatic N) is 1. The predicted molar refractivity (Wildman–Crippen MR) is 110 cm³/mol. The van der Waals surface area contributed by atoms with Crippen molar-refractivity contribution in [2.75, 3.05) is 57.1 Å². The van der Waals surface area contributed by atoms with Gasteiger partial charge in [-0.15, -0.1) is 24.8 Å². The number of halogens is 2. The lowest BCUT2D eigenvalue weighted by atomic mass is 10.2. The SMILES string of the molecule is COC(CN)CC(=O)Nc1ccc(NC(=O)CN2CCOCC2)cc1.Cl.Cl. The lowest BCUT2D eigenvalue weighted by Gasteiger charge is -2.25. The molecule has 1 saturated heterocycles. The molecule has 0 bridgehead atoms. The van der Waals surface area contributed by atoms with Gasteiger partial charge in [0.05, 0.1) is 32.3 Å². The molecule has 0 saturated carbocycles. The Labute approximate surface area is 171 Å². The fraction of sp³-hybridized carbons (Fsp3) is 0.529. The van der Waals surface area contributed by atoms with Crippen LogP contribution in [0.4, 0.5) is 11.4 Å². The van der Waals surface area contributed by atoms with Crippen molar-refractivity contribution < 1.29 is 19.1 Å². The van der Waals surface area contributed by atoms with Gasteiger partial charge in [0.15, 0.2) is 0 Å². The Morgan fingerprint density at radius 2 is 1.63 bits per heavy atom. The van der Waals surface area contributed by atoms with Gasteiger partial charge in [0, 0.05) is 38.1 Å². The summed E-state index contributed by atoms with van der Waals surface area (Å²) in [5.74, 6) is -0.231. The summed E-state index contributed by atoms with van der Waals surface area (Å²) in [6.07, 6.45) is -0.0934. The molecule has 2 amide bonds. The van der Waals surface area contributed by atoms with Gasteiger partial charge in [0.1, 0.15) is 0 Å². The summed E-state index contributed by atoms with van der Waals surface area (Å²) in [4.78, 5) is 26.0. The minimum absolute atomic E-state index is 0. The van der Waals surface area contributed by atoms with Gasteiger partial charge < -0.3 is 25.8 Å². The van der Waals surface area contributed by atoms with E-state index in [1.54, 1.807) is 24.3 Å². The number of anilines is 2. The highest BCUT2D eigenvalue weighted by molar-refractivity contribution is 5.93. The van der Waals surface area contributed by atoms with Gasteiger partial charge in [-0.25, -0.2) is 0 Å². The van der Waals surface area contributed by atoms with Gasteiger partial charge in [-0.2, -0.15) is 0 Å². The average Bonchev–Trinajstić information content (AvgIpc) is 2.62. The normalized spacial score (nSPS) is 15.0. The van der Waals surface area contributed by atoms with E-state index in [1.165, 1.54) is 7.11 Å². The number of rotatable bonds is 8. The number of morpholine rings is 1. The number of nitrogens with one attached hydrogen (secondary N) is 2. The van der Waals surface area contributed by atoms with Crippen molar-refractivity contribution in [3.05, 3.63) is 24.3 Å². The highest BCUT2D eigenvalue weighted by Gasteiger charge is 2.14. The lowest BCUT2D eigenvalue weighted by Crippen LogP contribution is -2.41. The van der Waals surface area contributed by atoms with Crippen molar-refractivity contribution >= 4 is 48.0 Å². The molecule has 1 fully saturated rings. The van der Waals surface area contributed by atoms with Crippen LogP contribution in [0.2, 0.25) is 0 Å². The molecular weight excluding hydrogens is 395 g/mol. The number of ether oxygens (including phenoxy) is 2. The highest BCUT2D eigenvalue weighted by atomic mass is 35.5. The second-order valence-electron chi connectivity index (χ2n) is 5.86. The maximum atomic E-state index is 12.0. The van der Waals surface area contributed by atoms with Gasteiger partial charge in [0.2, 0.25) is 11.8 Å². The molecule has 154 valence electrons. The number of carbonyl (C=O) groups excluding carboxylic acids is 2. The van der Waals surface area contributed by atoms with E-state index >= 15 is 0 Å². The van der Waals surface area contributed by atoms with Crippen molar-refractivity contribution in [3.8, 4) is 0 Å². The van der Waals surface area contributed by atoms with E-state index in [-0.39, 0.29) is 55.7 Å². The van der Waals surface area contributed by atoms with E-state index in [2.05, 4.69) is 15.5 Å². The second kappa shape index (κ2) is 13.7. The fourth-order valence-electron chi connectivity index (χ4n) is 2.48. The molecule has 1 unspecified atom stereocenters. The molecule has 0 spiro atoms. The first-order valence-corrected chi connectivity index (χ1v) is 8.33. The second-order valence-corrected chi connectivity index (χ2v) is 5.86. The topological polar surface area (TPSA) is 106 Å². The number of hydrogen-bond acceptors (Lipinski definition) is 6. The zero-order valence-corrected chi connectivity index (χ0v) is 16.9. The Morgan fingerprint density at radius 1 is 1.11 bits per heavy atom.